The van der Waals surface area contributed by atoms with Gasteiger partial charge in [0.2, 0.25) is 11.8 Å². The molecule has 0 saturated carbocycles. The highest BCUT2D eigenvalue weighted by Crippen LogP contribution is 2.29. The van der Waals surface area contributed by atoms with Gasteiger partial charge in [0.1, 0.15) is 5.56 Å². The number of alkyl halides is 3. The van der Waals surface area contributed by atoms with Crippen LogP contribution in [0.5, 0.6) is 11.8 Å². The Morgan fingerprint density at radius 1 is 1.37 bits per heavy atom. The summed E-state index contributed by atoms with van der Waals surface area (Å²) in [4.78, 5) is 15.1. The number of pyridine rings is 1. The number of methoxy groups -OCH3 is 1. The number of nitrogens with zero attached hydrogens (tertiary/aromatic N) is 1. The zero-order valence-electron chi connectivity index (χ0n) is 10.5. The van der Waals surface area contributed by atoms with E-state index in [2.05, 4.69) is 9.72 Å². The van der Waals surface area contributed by atoms with Gasteiger partial charge in [0, 0.05) is 5.56 Å². The molecule has 0 saturated heterocycles. The van der Waals surface area contributed by atoms with Crippen LogP contribution in [0.2, 0.25) is 0 Å². The summed E-state index contributed by atoms with van der Waals surface area (Å²) in [5, 5.41) is 0. The summed E-state index contributed by atoms with van der Waals surface area (Å²) in [7, 11) is 1.18. The minimum absolute atomic E-state index is 0.0428. The van der Waals surface area contributed by atoms with Crippen LogP contribution in [0.3, 0.4) is 0 Å². The Hall–Kier alpha value is -1.99. The van der Waals surface area contributed by atoms with E-state index < -0.39 is 18.2 Å². The number of carbonyl (C=O) groups is 1. The number of hydrogen-bond acceptors (Lipinski definition) is 5. The predicted octanol–water partition coefficient (Wildman–Crippen LogP) is 2.47. The molecule has 1 heterocycles. The molecule has 8 heteroatoms. The Bertz CT molecular complexity index is 474. The van der Waals surface area contributed by atoms with E-state index in [1.54, 1.807) is 6.92 Å². The Labute approximate surface area is 107 Å². The zero-order chi connectivity index (χ0) is 14.6. The third-order valence-corrected chi connectivity index (χ3v) is 2.03. The molecule has 0 bridgehead atoms. The van der Waals surface area contributed by atoms with Crippen LogP contribution in [-0.2, 0) is 4.74 Å². The average molecular weight is 279 g/mol. The van der Waals surface area contributed by atoms with Crippen LogP contribution in [0.1, 0.15) is 22.8 Å². The first-order chi connectivity index (χ1) is 8.78. The van der Waals surface area contributed by atoms with Crippen LogP contribution in [0.4, 0.5) is 13.2 Å². The van der Waals surface area contributed by atoms with Crippen LogP contribution >= 0.6 is 0 Å². The van der Waals surface area contributed by atoms with E-state index in [1.807, 2.05) is 0 Å². The van der Waals surface area contributed by atoms with Gasteiger partial charge in [0.25, 0.3) is 0 Å². The topological polar surface area (TPSA) is 57.7 Å². The average Bonchev–Trinajstić information content (AvgIpc) is 2.29. The van der Waals surface area contributed by atoms with Gasteiger partial charge >= 0.3 is 12.3 Å². The molecule has 0 N–H and O–H groups in total. The molecule has 1 aromatic heterocycles. The van der Waals surface area contributed by atoms with Crippen LogP contribution in [-0.4, -0.2) is 31.0 Å². The van der Waals surface area contributed by atoms with Crippen molar-refractivity contribution in [2.45, 2.75) is 20.2 Å². The molecule has 1 aromatic rings. The Balaban J connectivity index is 3.17. The number of aromatic nitrogens is 1. The van der Waals surface area contributed by atoms with Gasteiger partial charge in [-0.15, -0.1) is 13.2 Å². The van der Waals surface area contributed by atoms with Gasteiger partial charge < -0.3 is 14.2 Å². The Kier molecular flexibility index (Phi) is 4.57. The number of aryl methyl sites for hydroxylation is 1. The summed E-state index contributed by atoms with van der Waals surface area (Å²) in [6.07, 6.45) is -4.87. The van der Waals surface area contributed by atoms with Gasteiger partial charge in [0.05, 0.1) is 13.7 Å². The van der Waals surface area contributed by atoms with E-state index in [9.17, 15) is 18.0 Å². The normalized spacial score (nSPS) is 11.1. The van der Waals surface area contributed by atoms with Gasteiger partial charge in [-0.25, -0.2) is 4.79 Å². The van der Waals surface area contributed by atoms with Gasteiger partial charge in [-0.1, -0.05) is 0 Å². The highest BCUT2D eigenvalue weighted by Gasteiger charge is 2.33. The maximum absolute atomic E-state index is 12.1. The van der Waals surface area contributed by atoms with E-state index in [0.29, 0.717) is 0 Å². The molecule has 0 radical (unpaired) electrons. The largest absolute Gasteiger partial charge is 0.574 e. The second-order valence-electron chi connectivity index (χ2n) is 3.44. The van der Waals surface area contributed by atoms with Crippen molar-refractivity contribution in [2.75, 3.05) is 13.7 Å². The van der Waals surface area contributed by atoms with Gasteiger partial charge in [-0.05, 0) is 19.9 Å². The molecule has 0 atom stereocenters. The fourth-order valence-corrected chi connectivity index (χ4v) is 1.30. The van der Waals surface area contributed by atoms with Crippen LogP contribution in [0.25, 0.3) is 0 Å². The maximum atomic E-state index is 12.1. The Morgan fingerprint density at radius 3 is 2.47 bits per heavy atom. The van der Waals surface area contributed by atoms with E-state index in [-0.39, 0.29) is 23.6 Å². The molecular formula is C11H12F3NO4. The van der Waals surface area contributed by atoms with E-state index in [4.69, 9.17) is 9.47 Å². The lowest BCUT2D eigenvalue weighted by molar-refractivity contribution is -0.276. The minimum Gasteiger partial charge on any atom is -0.480 e. The quantitative estimate of drug-likeness (QED) is 0.792. The molecular weight excluding hydrogens is 267 g/mol. The molecule has 0 spiro atoms. The van der Waals surface area contributed by atoms with Gasteiger partial charge in [-0.3, -0.25) is 0 Å². The number of rotatable bonds is 4. The first-order valence-electron chi connectivity index (χ1n) is 5.27. The highest BCUT2D eigenvalue weighted by atomic mass is 19.4. The van der Waals surface area contributed by atoms with Crippen LogP contribution in [0, 0.1) is 6.92 Å². The number of hydrogen-bond donors (Lipinski definition) is 0. The number of halogens is 3. The molecule has 5 nitrogen and oxygen atoms in total. The van der Waals surface area contributed by atoms with Gasteiger partial charge in [0.15, 0.2) is 0 Å². The minimum atomic E-state index is -4.87. The van der Waals surface area contributed by atoms with Crippen molar-refractivity contribution in [2.24, 2.45) is 0 Å². The number of esters is 1. The first kappa shape index (κ1) is 15.1. The molecule has 1 rings (SSSR count). The maximum Gasteiger partial charge on any atom is 0.574 e. The molecule has 0 unspecified atom stereocenters. The van der Waals surface area contributed by atoms with Crippen molar-refractivity contribution in [1.29, 1.82) is 0 Å². The molecule has 106 valence electrons. The first-order valence-corrected chi connectivity index (χ1v) is 5.27. The lowest BCUT2D eigenvalue weighted by Gasteiger charge is -2.13. The van der Waals surface area contributed by atoms with E-state index >= 15 is 0 Å². The van der Waals surface area contributed by atoms with Crippen molar-refractivity contribution in [3.8, 4) is 11.8 Å². The second kappa shape index (κ2) is 5.77. The third-order valence-electron chi connectivity index (χ3n) is 2.03. The van der Waals surface area contributed by atoms with E-state index in [1.165, 1.54) is 20.1 Å². The van der Waals surface area contributed by atoms with Crippen molar-refractivity contribution >= 4 is 5.97 Å². The van der Waals surface area contributed by atoms with Crippen LogP contribution in [0.15, 0.2) is 6.07 Å². The van der Waals surface area contributed by atoms with E-state index in [0.717, 1.165) is 0 Å². The number of ether oxygens (including phenoxy) is 3. The molecule has 0 aliphatic carbocycles. The lowest BCUT2D eigenvalue weighted by Crippen LogP contribution is -2.19. The summed E-state index contributed by atoms with van der Waals surface area (Å²) in [5.41, 5.74) is -0.0162. The molecule has 19 heavy (non-hydrogen) atoms. The zero-order valence-corrected chi connectivity index (χ0v) is 10.5. The fraction of sp³-hybridized carbons (Fsp3) is 0.455. The van der Waals surface area contributed by atoms with Gasteiger partial charge in [-0.2, -0.15) is 4.98 Å². The summed E-state index contributed by atoms with van der Waals surface area (Å²) in [6.45, 7) is 3.06. The molecule has 0 fully saturated rings. The molecule has 0 aliphatic rings. The van der Waals surface area contributed by atoms with Crippen molar-refractivity contribution < 1.29 is 32.2 Å². The summed E-state index contributed by atoms with van der Waals surface area (Å²) in [6, 6.07) is 1.17. The Morgan fingerprint density at radius 2 is 2.00 bits per heavy atom. The van der Waals surface area contributed by atoms with Crippen molar-refractivity contribution in [3.63, 3.8) is 0 Å². The molecule has 0 amide bonds. The third kappa shape index (κ3) is 4.01. The predicted molar refractivity (Wildman–Crippen MR) is 58.2 cm³/mol. The second-order valence-corrected chi connectivity index (χ2v) is 3.44. The monoisotopic (exact) mass is 279 g/mol. The standard InChI is InChI=1S/C11H12F3NO4/c1-4-18-10(16)7-5-6(2)8(15-9(7)17-3)19-11(12,13)14/h5H,4H2,1-3H3. The summed E-state index contributed by atoms with van der Waals surface area (Å²) in [5.74, 6) is -1.69. The summed E-state index contributed by atoms with van der Waals surface area (Å²) < 4.78 is 49.7. The lowest BCUT2D eigenvalue weighted by atomic mass is 10.2. The van der Waals surface area contributed by atoms with Crippen molar-refractivity contribution in [1.82, 2.24) is 4.98 Å². The smallest absolute Gasteiger partial charge is 0.480 e. The molecule has 0 aromatic carbocycles. The van der Waals surface area contributed by atoms with Crippen LogP contribution < -0.4 is 9.47 Å². The number of carbonyl (C=O) groups excluding carboxylic acids is 1. The fourth-order valence-electron chi connectivity index (χ4n) is 1.30. The highest BCUT2D eigenvalue weighted by molar-refractivity contribution is 5.92. The SMILES string of the molecule is CCOC(=O)c1cc(C)c(OC(F)(F)F)nc1OC. The van der Waals surface area contributed by atoms with Crippen molar-refractivity contribution in [3.05, 3.63) is 17.2 Å². The molecule has 0 aliphatic heterocycles. The summed E-state index contributed by atoms with van der Waals surface area (Å²) >= 11 is 0.